The number of aromatic nitrogens is 1. The highest BCUT2D eigenvalue weighted by atomic mass is 79.9. The van der Waals surface area contributed by atoms with Crippen molar-refractivity contribution in [2.24, 2.45) is 0 Å². The van der Waals surface area contributed by atoms with Crippen molar-refractivity contribution in [3.8, 4) is 0 Å². The van der Waals surface area contributed by atoms with E-state index in [1.165, 1.54) is 67.6 Å². The second kappa shape index (κ2) is 10.7. The van der Waals surface area contributed by atoms with Gasteiger partial charge in [-0.1, -0.05) is 37.4 Å². The van der Waals surface area contributed by atoms with Gasteiger partial charge >= 0.3 is 0 Å². The molecule has 0 bridgehead atoms. The number of aryl methyl sites for hydroxylation is 2. The first kappa shape index (κ1) is 23.7. The summed E-state index contributed by atoms with van der Waals surface area (Å²) in [4.78, 5) is 10.4. The summed E-state index contributed by atoms with van der Waals surface area (Å²) in [5.41, 5.74) is 5.38. The van der Waals surface area contributed by atoms with Gasteiger partial charge in [0, 0.05) is 60.5 Å². The number of fused-ring (bicyclic) bond motifs is 2. The van der Waals surface area contributed by atoms with Crippen LogP contribution in [0.5, 0.6) is 0 Å². The molecule has 1 aromatic heterocycles. The van der Waals surface area contributed by atoms with Crippen LogP contribution in [0.4, 0.5) is 0 Å². The fourth-order valence-electron chi connectivity index (χ4n) is 6.12. The second-order valence-electron chi connectivity index (χ2n) is 10.00. The first-order valence-electron chi connectivity index (χ1n) is 12.8. The summed E-state index contributed by atoms with van der Waals surface area (Å²) in [5.74, 6) is 0. The van der Waals surface area contributed by atoms with Gasteiger partial charge in [-0.05, 0) is 82.9 Å². The van der Waals surface area contributed by atoms with Crippen LogP contribution in [0.1, 0.15) is 67.5 Å². The summed E-state index contributed by atoms with van der Waals surface area (Å²) in [7, 11) is 0. The molecule has 2 saturated heterocycles. The summed E-state index contributed by atoms with van der Waals surface area (Å²) in [6.07, 6.45) is 10.4. The maximum atomic E-state index is 6.40. The van der Waals surface area contributed by atoms with Gasteiger partial charge in [-0.3, -0.25) is 14.8 Å². The van der Waals surface area contributed by atoms with E-state index in [2.05, 4.69) is 62.2 Å². The number of nitrogens with zero attached hydrogens (tertiary/aromatic N) is 3. The number of nitrogens with one attached hydrogen (secondary N) is 1. The fourth-order valence-corrected chi connectivity index (χ4v) is 6.69. The van der Waals surface area contributed by atoms with E-state index in [1.807, 2.05) is 6.20 Å². The molecule has 1 aromatic carbocycles. The van der Waals surface area contributed by atoms with Gasteiger partial charge < -0.3 is 5.32 Å². The Labute approximate surface area is 212 Å². The molecule has 2 aromatic rings. The fraction of sp³-hybridized carbons (Fsp3) is 0.593. The minimum absolute atomic E-state index is 0.226. The largest absolute Gasteiger partial charge is 0.311 e. The SMILES string of the molecule is CCCC[C@H]1CN(C2CCN(C3c4ccc(Cl)cc4CCc4cc(Br)cnc43)CC2)CCN1. The van der Waals surface area contributed by atoms with E-state index in [0.29, 0.717) is 12.1 Å². The van der Waals surface area contributed by atoms with Crippen molar-refractivity contribution in [2.45, 2.75) is 70.0 Å². The quantitative estimate of drug-likeness (QED) is 0.543. The molecule has 0 spiro atoms. The molecule has 2 aliphatic heterocycles. The molecule has 3 heterocycles. The van der Waals surface area contributed by atoms with Gasteiger partial charge in [0.25, 0.3) is 0 Å². The molecule has 0 saturated carbocycles. The monoisotopic (exact) mass is 530 g/mol. The zero-order chi connectivity index (χ0) is 22.8. The maximum Gasteiger partial charge on any atom is 0.0781 e. The lowest BCUT2D eigenvalue weighted by Gasteiger charge is -2.44. The topological polar surface area (TPSA) is 31.4 Å². The average Bonchev–Trinajstić information content (AvgIpc) is 2.99. The molecule has 0 amide bonds. The van der Waals surface area contributed by atoms with E-state index >= 15 is 0 Å². The Hall–Kier alpha value is -0.980. The van der Waals surface area contributed by atoms with Gasteiger partial charge in [0.2, 0.25) is 0 Å². The Balaban J connectivity index is 1.34. The minimum atomic E-state index is 0.226. The first-order chi connectivity index (χ1) is 16.1. The van der Waals surface area contributed by atoms with Gasteiger partial charge in [-0.25, -0.2) is 0 Å². The number of hydrogen-bond donors (Lipinski definition) is 1. The lowest BCUT2D eigenvalue weighted by molar-refractivity contribution is 0.0700. The van der Waals surface area contributed by atoms with Gasteiger partial charge in [-0.15, -0.1) is 0 Å². The Morgan fingerprint density at radius 3 is 2.73 bits per heavy atom. The van der Waals surface area contributed by atoms with Crippen LogP contribution >= 0.6 is 27.5 Å². The number of piperazine rings is 1. The van der Waals surface area contributed by atoms with Crippen molar-refractivity contribution in [1.82, 2.24) is 20.1 Å². The van der Waals surface area contributed by atoms with Crippen LogP contribution in [0.3, 0.4) is 0 Å². The summed E-state index contributed by atoms with van der Waals surface area (Å²) in [6.45, 7) is 8.08. The van der Waals surface area contributed by atoms with Gasteiger partial charge in [-0.2, -0.15) is 0 Å². The van der Waals surface area contributed by atoms with Gasteiger partial charge in [0.05, 0.1) is 11.7 Å². The minimum Gasteiger partial charge on any atom is -0.311 e. The highest BCUT2D eigenvalue weighted by Gasteiger charge is 2.35. The molecule has 1 unspecified atom stereocenters. The molecule has 3 aliphatic rings. The van der Waals surface area contributed by atoms with Crippen molar-refractivity contribution in [1.29, 1.82) is 0 Å². The highest BCUT2D eigenvalue weighted by molar-refractivity contribution is 9.10. The van der Waals surface area contributed by atoms with Crippen LogP contribution in [-0.2, 0) is 12.8 Å². The van der Waals surface area contributed by atoms with Crippen LogP contribution in [0, 0.1) is 0 Å². The Kier molecular flexibility index (Phi) is 7.73. The molecule has 1 aliphatic carbocycles. The number of likely N-dealkylation sites (tertiary alicyclic amines) is 1. The smallest absolute Gasteiger partial charge is 0.0781 e. The lowest BCUT2D eigenvalue weighted by atomic mass is 9.93. The molecule has 33 heavy (non-hydrogen) atoms. The number of rotatable bonds is 5. The van der Waals surface area contributed by atoms with Gasteiger partial charge in [0.1, 0.15) is 0 Å². The Morgan fingerprint density at radius 2 is 1.91 bits per heavy atom. The zero-order valence-corrected chi connectivity index (χ0v) is 22.0. The lowest BCUT2D eigenvalue weighted by Crippen LogP contribution is -2.56. The molecule has 2 fully saturated rings. The van der Waals surface area contributed by atoms with Crippen molar-refractivity contribution in [3.63, 3.8) is 0 Å². The molecule has 1 N–H and O–H groups in total. The van der Waals surface area contributed by atoms with E-state index in [9.17, 15) is 0 Å². The Bertz CT molecular complexity index is 906. The summed E-state index contributed by atoms with van der Waals surface area (Å²) < 4.78 is 1.07. The second-order valence-corrected chi connectivity index (χ2v) is 11.4. The summed E-state index contributed by atoms with van der Waals surface area (Å²) in [5, 5.41) is 4.58. The average molecular weight is 532 g/mol. The molecular formula is C27H36BrClN4. The third kappa shape index (κ3) is 5.33. The van der Waals surface area contributed by atoms with E-state index in [1.54, 1.807) is 0 Å². The third-order valence-corrected chi connectivity index (χ3v) is 8.53. The van der Waals surface area contributed by atoms with Gasteiger partial charge in [0.15, 0.2) is 0 Å². The highest BCUT2D eigenvalue weighted by Crippen LogP contribution is 2.39. The van der Waals surface area contributed by atoms with Crippen molar-refractivity contribution >= 4 is 27.5 Å². The number of benzene rings is 1. The molecule has 178 valence electrons. The molecular weight excluding hydrogens is 496 g/mol. The van der Waals surface area contributed by atoms with Crippen LogP contribution in [0.15, 0.2) is 34.9 Å². The number of piperidine rings is 1. The molecule has 5 rings (SSSR count). The molecule has 2 atom stereocenters. The zero-order valence-electron chi connectivity index (χ0n) is 19.7. The number of unbranched alkanes of at least 4 members (excludes halogenated alkanes) is 1. The molecule has 4 nitrogen and oxygen atoms in total. The number of pyridine rings is 1. The summed E-state index contributed by atoms with van der Waals surface area (Å²) >= 11 is 10.0. The predicted molar refractivity (Wildman–Crippen MR) is 140 cm³/mol. The normalized spacial score (nSPS) is 24.8. The van der Waals surface area contributed by atoms with Crippen LogP contribution in [-0.4, -0.2) is 59.6 Å². The predicted octanol–water partition coefficient (Wildman–Crippen LogP) is 5.61. The standard InChI is InChI=1S/C27H36BrClN4/c1-2-3-4-23-18-33(14-11-30-23)24-9-12-32(13-10-24)27-25-8-7-22(29)16-19(25)5-6-20-15-21(28)17-31-26(20)27/h7-8,15-17,23-24,27,30H,2-6,9-14,18H2,1H3/t23-,27?/m0/s1. The number of hydrogen-bond acceptors (Lipinski definition) is 4. The third-order valence-electron chi connectivity index (χ3n) is 7.86. The first-order valence-corrected chi connectivity index (χ1v) is 13.9. The Morgan fingerprint density at radius 1 is 1.09 bits per heavy atom. The van der Waals surface area contributed by atoms with E-state index in [0.717, 1.165) is 42.0 Å². The maximum absolute atomic E-state index is 6.40. The van der Waals surface area contributed by atoms with Crippen LogP contribution in [0.2, 0.25) is 5.02 Å². The van der Waals surface area contributed by atoms with Crippen LogP contribution in [0.25, 0.3) is 0 Å². The van der Waals surface area contributed by atoms with E-state index < -0.39 is 0 Å². The van der Waals surface area contributed by atoms with Crippen molar-refractivity contribution < 1.29 is 0 Å². The van der Waals surface area contributed by atoms with Crippen molar-refractivity contribution in [2.75, 3.05) is 32.7 Å². The van der Waals surface area contributed by atoms with E-state index in [-0.39, 0.29) is 6.04 Å². The van der Waals surface area contributed by atoms with E-state index in [4.69, 9.17) is 16.6 Å². The summed E-state index contributed by atoms with van der Waals surface area (Å²) in [6, 6.07) is 10.4. The molecule has 6 heteroatoms. The molecule has 0 radical (unpaired) electrons. The van der Waals surface area contributed by atoms with Crippen molar-refractivity contribution in [3.05, 3.63) is 62.3 Å². The number of halogens is 2. The van der Waals surface area contributed by atoms with Crippen LogP contribution < -0.4 is 5.32 Å².